The molecular weight excluding hydrogens is 540 g/mol. The van der Waals surface area contributed by atoms with Gasteiger partial charge in [-0.05, 0) is 117 Å². The fourth-order valence-corrected chi connectivity index (χ4v) is 8.35. The van der Waals surface area contributed by atoms with E-state index in [1.54, 1.807) is 0 Å². The zero-order valence-electron chi connectivity index (χ0n) is 25.4. The topological polar surface area (TPSA) is 0 Å². The second-order valence-electron chi connectivity index (χ2n) is 13.3. The lowest BCUT2D eigenvalue weighted by atomic mass is 9.80. The van der Waals surface area contributed by atoms with Gasteiger partial charge in [0, 0.05) is 5.41 Å². The van der Waals surface area contributed by atoms with Gasteiger partial charge in [0.25, 0.3) is 0 Å². The molecule has 0 N–H and O–H groups in total. The summed E-state index contributed by atoms with van der Waals surface area (Å²) < 4.78 is 0. The minimum Gasteiger partial charge on any atom is -0.0616 e. The highest BCUT2D eigenvalue weighted by molar-refractivity contribution is 6.26. The quantitative estimate of drug-likeness (QED) is 0.181. The van der Waals surface area contributed by atoms with Crippen LogP contribution in [0.2, 0.25) is 0 Å². The molecule has 0 heteroatoms. The second kappa shape index (κ2) is 8.80. The Kier molecular flexibility index (Phi) is 4.88. The summed E-state index contributed by atoms with van der Waals surface area (Å²) in [5.41, 5.74) is 10.6. The maximum absolute atomic E-state index is 2.49. The first-order valence-corrected chi connectivity index (χ1v) is 15.9. The summed E-state index contributed by atoms with van der Waals surface area (Å²) in [6.45, 7) is 4.78. The standard InChI is InChI=1S/C45H30/c1-45(2)40-26-33(19-21-36(40)39-24-31-9-3-4-10-32(31)25-41(39)45)43-34-13-6-5-8-27(34)16-22-37(43)35-20-17-30-15-14-28-11-7-12-29-18-23-38(35)44(30)42(28)29/h3-26H,1-2H3. The highest BCUT2D eigenvalue weighted by Gasteiger charge is 2.36. The fourth-order valence-electron chi connectivity index (χ4n) is 8.35. The summed E-state index contributed by atoms with van der Waals surface area (Å²) >= 11 is 0. The normalized spacial score (nSPS) is 13.7. The summed E-state index contributed by atoms with van der Waals surface area (Å²) in [5, 5.41) is 13.1. The van der Waals surface area contributed by atoms with Crippen LogP contribution in [0.15, 0.2) is 146 Å². The third-order valence-corrected chi connectivity index (χ3v) is 10.6. The van der Waals surface area contributed by atoms with Gasteiger partial charge in [-0.25, -0.2) is 0 Å². The summed E-state index contributed by atoms with van der Waals surface area (Å²) in [6, 6.07) is 54.8. The van der Waals surface area contributed by atoms with Crippen molar-refractivity contribution in [2.24, 2.45) is 0 Å². The van der Waals surface area contributed by atoms with Gasteiger partial charge in [-0.3, -0.25) is 0 Å². The van der Waals surface area contributed by atoms with E-state index in [0.29, 0.717) is 0 Å². The summed E-state index contributed by atoms with van der Waals surface area (Å²) in [5.74, 6) is 0. The van der Waals surface area contributed by atoms with Gasteiger partial charge < -0.3 is 0 Å². The Bertz CT molecular complexity index is 2650. The molecule has 0 nitrogen and oxygen atoms in total. The molecule has 0 atom stereocenters. The Morgan fingerprint density at radius 3 is 1.76 bits per heavy atom. The predicted octanol–water partition coefficient (Wildman–Crippen LogP) is 12.5. The van der Waals surface area contributed by atoms with Gasteiger partial charge in [0.05, 0.1) is 0 Å². The molecule has 0 bridgehead atoms. The van der Waals surface area contributed by atoms with Gasteiger partial charge in [-0.1, -0.05) is 141 Å². The van der Waals surface area contributed by atoms with Crippen molar-refractivity contribution in [1.29, 1.82) is 0 Å². The maximum Gasteiger partial charge on any atom is 0.0159 e. The molecule has 9 aromatic carbocycles. The van der Waals surface area contributed by atoms with E-state index in [4.69, 9.17) is 0 Å². The van der Waals surface area contributed by atoms with Crippen LogP contribution < -0.4 is 0 Å². The number of hydrogen-bond acceptors (Lipinski definition) is 0. The predicted molar refractivity (Wildman–Crippen MR) is 194 cm³/mol. The van der Waals surface area contributed by atoms with Gasteiger partial charge in [-0.2, -0.15) is 0 Å². The van der Waals surface area contributed by atoms with Crippen LogP contribution in [0.25, 0.3) is 87.2 Å². The van der Waals surface area contributed by atoms with Crippen LogP contribution in [0.1, 0.15) is 25.0 Å². The van der Waals surface area contributed by atoms with E-state index in [1.807, 2.05) is 0 Å². The van der Waals surface area contributed by atoms with E-state index in [-0.39, 0.29) is 5.41 Å². The van der Waals surface area contributed by atoms with E-state index in [1.165, 1.54) is 98.4 Å². The van der Waals surface area contributed by atoms with Crippen molar-refractivity contribution < 1.29 is 0 Å². The SMILES string of the molecule is CC1(C)c2cc(-c3c(-c4ccc5ccc6cccc7ccc4c5c67)ccc4ccccc34)ccc2-c2cc3ccccc3cc21. The van der Waals surface area contributed by atoms with Gasteiger partial charge in [-0.15, -0.1) is 0 Å². The molecule has 0 amide bonds. The van der Waals surface area contributed by atoms with Crippen LogP contribution in [0.4, 0.5) is 0 Å². The lowest BCUT2D eigenvalue weighted by Gasteiger charge is -2.23. The first-order valence-electron chi connectivity index (χ1n) is 15.9. The summed E-state index contributed by atoms with van der Waals surface area (Å²) in [6.07, 6.45) is 0. The first kappa shape index (κ1) is 24.9. The lowest BCUT2D eigenvalue weighted by molar-refractivity contribution is 0.661. The van der Waals surface area contributed by atoms with Crippen LogP contribution >= 0.6 is 0 Å². The molecule has 0 saturated heterocycles. The van der Waals surface area contributed by atoms with Crippen molar-refractivity contribution in [2.75, 3.05) is 0 Å². The van der Waals surface area contributed by atoms with Crippen molar-refractivity contribution in [2.45, 2.75) is 19.3 Å². The average molecular weight is 571 g/mol. The molecule has 1 aliphatic rings. The summed E-state index contributed by atoms with van der Waals surface area (Å²) in [4.78, 5) is 0. The molecule has 210 valence electrons. The number of fused-ring (bicyclic) bond motifs is 5. The Morgan fingerprint density at radius 2 is 0.933 bits per heavy atom. The van der Waals surface area contributed by atoms with E-state index >= 15 is 0 Å². The van der Waals surface area contributed by atoms with Crippen LogP contribution in [-0.2, 0) is 5.41 Å². The number of hydrogen-bond donors (Lipinski definition) is 0. The smallest absolute Gasteiger partial charge is 0.0159 e. The van der Waals surface area contributed by atoms with Crippen molar-refractivity contribution in [1.82, 2.24) is 0 Å². The van der Waals surface area contributed by atoms with E-state index < -0.39 is 0 Å². The van der Waals surface area contributed by atoms with Crippen LogP contribution in [-0.4, -0.2) is 0 Å². The molecule has 0 aliphatic heterocycles. The fraction of sp³-hybridized carbons (Fsp3) is 0.0667. The molecule has 0 radical (unpaired) electrons. The first-order chi connectivity index (χ1) is 22.1. The van der Waals surface area contributed by atoms with Gasteiger partial charge in [0.2, 0.25) is 0 Å². The van der Waals surface area contributed by atoms with E-state index in [9.17, 15) is 0 Å². The molecule has 1 aliphatic carbocycles. The molecule has 0 aromatic heterocycles. The zero-order valence-corrected chi connectivity index (χ0v) is 25.4. The number of benzene rings is 9. The van der Waals surface area contributed by atoms with E-state index in [0.717, 1.165) is 0 Å². The second-order valence-corrected chi connectivity index (χ2v) is 13.3. The third kappa shape index (κ3) is 3.37. The molecule has 0 fully saturated rings. The Balaban J connectivity index is 1.26. The van der Waals surface area contributed by atoms with Crippen molar-refractivity contribution in [3.63, 3.8) is 0 Å². The molecule has 45 heavy (non-hydrogen) atoms. The van der Waals surface area contributed by atoms with Crippen molar-refractivity contribution in [3.05, 3.63) is 157 Å². The summed E-state index contributed by atoms with van der Waals surface area (Å²) in [7, 11) is 0. The molecule has 0 spiro atoms. The minimum atomic E-state index is -0.0948. The monoisotopic (exact) mass is 570 g/mol. The Morgan fingerprint density at radius 1 is 0.356 bits per heavy atom. The third-order valence-electron chi connectivity index (χ3n) is 10.6. The Labute approximate surface area is 262 Å². The average Bonchev–Trinajstić information content (AvgIpc) is 3.30. The van der Waals surface area contributed by atoms with Crippen LogP contribution in [0, 0.1) is 0 Å². The highest BCUT2D eigenvalue weighted by atomic mass is 14.4. The molecule has 10 rings (SSSR count). The minimum absolute atomic E-state index is 0.0948. The van der Waals surface area contributed by atoms with Crippen LogP contribution in [0.5, 0.6) is 0 Å². The lowest BCUT2D eigenvalue weighted by Crippen LogP contribution is -2.15. The molecular formula is C45H30. The van der Waals surface area contributed by atoms with Crippen molar-refractivity contribution >= 4 is 53.9 Å². The highest BCUT2D eigenvalue weighted by Crippen LogP contribution is 2.52. The molecule has 9 aromatic rings. The van der Waals surface area contributed by atoms with Gasteiger partial charge >= 0.3 is 0 Å². The largest absolute Gasteiger partial charge is 0.0616 e. The molecule has 0 unspecified atom stereocenters. The van der Waals surface area contributed by atoms with Crippen LogP contribution in [0.3, 0.4) is 0 Å². The molecule has 0 saturated carbocycles. The van der Waals surface area contributed by atoms with Crippen molar-refractivity contribution in [3.8, 4) is 33.4 Å². The van der Waals surface area contributed by atoms with E-state index in [2.05, 4.69) is 159 Å². The van der Waals surface area contributed by atoms with Gasteiger partial charge in [0.1, 0.15) is 0 Å². The van der Waals surface area contributed by atoms with Gasteiger partial charge in [0.15, 0.2) is 0 Å². The zero-order chi connectivity index (χ0) is 29.9. The Hall–Kier alpha value is -5.46. The maximum atomic E-state index is 2.49. The number of rotatable bonds is 2. The molecule has 0 heterocycles.